The van der Waals surface area contributed by atoms with Gasteiger partial charge in [0.1, 0.15) is 0 Å². The molecule has 0 aromatic rings. The molecule has 0 saturated heterocycles. The molecule has 4 atom stereocenters. The van der Waals surface area contributed by atoms with E-state index in [2.05, 4.69) is 0 Å². The van der Waals surface area contributed by atoms with E-state index >= 15 is 0 Å². The average molecular weight is 169 g/mol. The van der Waals surface area contributed by atoms with Crippen molar-refractivity contribution in [1.29, 1.82) is 0 Å². The van der Waals surface area contributed by atoms with Crippen molar-refractivity contribution in [2.24, 2.45) is 23.5 Å². The van der Waals surface area contributed by atoms with Crippen LogP contribution in [0.2, 0.25) is 0 Å². The van der Waals surface area contributed by atoms with Crippen molar-refractivity contribution in [3.8, 4) is 0 Å². The molecule has 2 heteroatoms. The van der Waals surface area contributed by atoms with Gasteiger partial charge < -0.3 is 10.8 Å². The highest BCUT2D eigenvalue weighted by Crippen LogP contribution is 2.41. The Hall–Kier alpha value is -0.0800. The van der Waals surface area contributed by atoms with Gasteiger partial charge in [-0.25, -0.2) is 0 Å². The van der Waals surface area contributed by atoms with Gasteiger partial charge in [0.05, 0.1) is 0 Å². The maximum Gasteiger partial charge on any atom is 0.0474 e. The zero-order chi connectivity index (χ0) is 8.55. The normalized spacial score (nSPS) is 47.5. The van der Waals surface area contributed by atoms with Crippen molar-refractivity contribution >= 4 is 0 Å². The molecule has 0 aromatic carbocycles. The van der Waals surface area contributed by atoms with Gasteiger partial charge in [0.2, 0.25) is 0 Å². The molecule has 70 valence electrons. The van der Waals surface area contributed by atoms with Crippen LogP contribution in [0.4, 0.5) is 0 Å². The van der Waals surface area contributed by atoms with E-state index in [9.17, 15) is 0 Å². The molecule has 0 heterocycles. The molecule has 0 aromatic heterocycles. The zero-order valence-electron chi connectivity index (χ0n) is 7.58. The molecular formula is C10H19NO. The van der Waals surface area contributed by atoms with Crippen LogP contribution in [0.3, 0.4) is 0 Å². The Balaban J connectivity index is 2.03. The predicted molar refractivity (Wildman–Crippen MR) is 48.6 cm³/mol. The van der Waals surface area contributed by atoms with Gasteiger partial charge in [-0.3, -0.25) is 0 Å². The summed E-state index contributed by atoms with van der Waals surface area (Å²) in [6.45, 7) is 0.300. The third-order valence-electron chi connectivity index (χ3n) is 3.78. The Kier molecular flexibility index (Phi) is 2.37. The molecule has 2 aliphatic carbocycles. The standard InChI is InChI=1S/C10H19NO/c11-10-8-3-1-2-7(4-8)5-9(10)6-12/h7-10,12H,1-6,11H2/t7?,8?,9?,10-/m1/s1. The first-order chi connectivity index (χ1) is 5.81. The van der Waals surface area contributed by atoms with Crippen LogP contribution in [0.1, 0.15) is 32.1 Å². The van der Waals surface area contributed by atoms with Gasteiger partial charge in [0.15, 0.2) is 0 Å². The summed E-state index contributed by atoms with van der Waals surface area (Å²) in [7, 11) is 0. The van der Waals surface area contributed by atoms with Gasteiger partial charge in [0.25, 0.3) is 0 Å². The van der Waals surface area contributed by atoms with E-state index in [-0.39, 0.29) is 6.04 Å². The monoisotopic (exact) mass is 169 g/mol. The third-order valence-corrected chi connectivity index (χ3v) is 3.78. The second-order valence-corrected chi connectivity index (χ2v) is 4.55. The Labute approximate surface area is 74.1 Å². The van der Waals surface area contributed by atoms with E-state index in [1.54, 1.807) is 0 Å². The lowest BCUT2D eigenvalue weighted by atomic mass is 9.66. The summed E-state index contributed by atoms with van der Waals surface area (Å²) in [4.78, 5) is 0. The van der Waals surface area contributed by atoms with E-state index in [0.29, 0.717) is 12.5 Å². The molecule has 0 spiro atoms. The van der Waals surface area contributed by atoms with Gasteiger partial charge >= 0.3 is 0 Å². The third kappa shape index (κ3) is 1.38. The van der Waals surface area contributed by atoms with Crippen molar-refractivity contribution in [3.63, 3.8) is 0 Å². The van der Waals surface area contributed by atoms with E-state index in [1.165, 1.54) is 32.1 Å². The molecule has 12 heavy (non-hydrogen) atoms. The summed E-state index contributed by atoms with van der Waals surface area (Å²) >= 11 is 0. The highest BCUT2D eigenvalue weighted by atomic mass is 16.3. The number of aliphatic hydroxyl groups is 1. The zero-order valence-corrected chi connectivity index (χ0v) is 7.58. The van der Waals surface area contributed by atoms with Crippen LogP contribution < -0.4 is 5.73 Å². The molecular weight excluding hydrogens is 150 g/mol. The number of hydrogen-bond acceptors (Lipinski definition) is 2. The molecule has 3 unspecified atom stereocenters. The quantitative estimate of drug-likeness (QED) is 0.618. The summed E-state index contributed by atoms with van der Waals surface area (Å²) in [6.07, 6.45) is 6.54. The largest absolute Gasteiger partial charge is 0.396 e. The summed E-state index contributed by atoms with van der Waals surface area (Å²) in [5, 5.41) is 9.14. The lowest BCUT2D eigenvalue weighted by molar-refractivity contribution is 0.0702. The number of hydrogen-bond donors (Lipinski definition) is 2. The van der Waals surface area contributed by atoms with Crippen molar-refractivity contribution < 1.29 is 5.11 Å². The molecule has 0 aliphatic heterocycles. The lowest BCUT2D eigenvalue weighted by Gasteiger charge is -2.43. The Bertz CT molecular complexity index is 158. The highest BCUT2D eigenvalue weighted by molar-refractivity contribution is 4.91. The molecule has 2 fully saturated rings. The van der Waals surface area contributed by atoms with E-state index in [0.717, 1.165) is 11.8 Å². The number of aliphatic hydroxyl groups excluding tert-OH is 1. The van der Waals surface area contributed by atoms with Gasteiger partial charge in [0, 0.05) is 12.6 Å². The summed E-state index contributed by atoms with van der Waals surface area (Å²) in [5.74, 6) is 1.99. The Morgan fingerprint density at radius 2 is 2.08 bits per heavy atom. The first-order valence-electron chi connectivity index (χ1n) is 5.17. The predicted octanol–water partition coefficient (Wildman–Crippen LogP) is 1.13. The minimum absolute atomic E-state index is 0.284. The molecule has 0 radical (unpaired) electrons. The molecule has 2 nitrogen and oxygen atoms in total. The van der Waals surface area contributed by atoms with E-state index in [1.807, 2.05) is 0 Å². The van der Waals surface area contributed by atoms with Crippen LogP contribution in [0, 0.1) is 17.8 Å². The van der Waals surface area contributed by atoms with Crippen LogP contribution in [-0.4, -0.2) is 17.8 Å². The fourth-order valence-corrected chi connectivity index (χ4v) is 3.06. The van der Waals surface area contributed by atoms with Crippen LogP contribution in [-0.2, 0) is 0 Å². The Morgan fingerprint density at radius 1 is 1.25 bits per heavy atom. The van der Waals surface area contributed by atoms with Crippen molar-refractivity contribution in [1.82, 2.24) is 0 Å². The first kappa shape index (κ1) is 8.52. The summed E-state index contributed by atoms with van der Waals surface area (Å²) in [5.41, 5.74) is 6.08. The van der Waals surface area contributed by atoms with Crippen LogP contribution in [0.15, 0.2) is 0 Å². The van der Waals surface area contributed by atoms with Gasteiger partial charge in [-0.15, -0.1) is 0 Å². The second-order valence-electron chi connectivity index (χ2n) is 4.55. The average Bonchev–Trinajstić information content (AvgIpc) is 2.12. The van der Waals surface area contributed by atoms with Crippen molar-refractivity contribution in [2.75, 3.05) is 6.61 Å². The number of fused-ring (bicyclic) bond motifs is 2. The first-order valence-corrected chi connectivity index (χ1v) is 5.17. The molecule has 2 rings (SSSR count). The maximum absolute atomic E-state index is 9.14. The highest BCUT2D eigenvalue weighted by Gasteiger charge is 2.37. The number of rotatable bonds is 1. The molecule has 3 N–H and O–H groups in total. The lowest BCUT2D eigenvalue weighted by Crippen LogP contribution is -2.46. The summed E-state index contributed by atoms with van der Waals surface area (Å²) < 4.78 is 0. The maximum atomic E-state index is 9.14. The topological polar surface area (TPSA) is 46.2 Å². The van der Waals surface area contributed by atoms with Gasteiger partial charge in [-0.05, 0) is 37.0 Å². The SMILES string of the molecule is N[C@H]1C(CO)CC2CCCC1C2. The molecule has 2 aliphatic rings. The molecule has 2 saturated carbocycles. The van der Waals surface area contributed by atoms with Gasteiger partial charge in [-0.1, -0.05) is 12.8 Å². The summed E-state index contributed by atoms with van der Waals surface area (Å²) in [6, 6.07) is 0.284. The van der Waals surface area contributed by atoms with Crippen LogP contribution in [0.25, 0.3) is 0 Å². The molecule has 2 bridgehead atoms. The smallest absolute Gasteiger partial charge is 0.0474 e. The van der Waals surface area contributed by atoms with Crippen LogP contribution >= 0.6 is 0 Å². The van der Waals surface area contributed by atoms with Gasteiger partial charge in [-0.2, -0.15) is 0 Å². The van der Waals surface area contributed by atoms with Crippen LogP contribution in [0.5, 0.6) is 0 Å². The fraction of sp³-hybridized carbons (Fsp3) is 1.00. The minimum Gasteiger partial charge on any atom is -0.396 e. The van der Waals surface area contributed by atoms with E-state index < -0.39 is 0 Å². The molecule has 0 amide bonds. The Morgan fingerprint density at radius 3 is 2.83 bits per heavy atom. The van der Waals surface area contributed by atoms with Crippen molar-refractivity contribution in [3.05, 3.63) is 0 Å². The van der Waals surface area contributed by atoms with Crippen molar-refractivity contribution in [2.45, 2.75) is 38.1 Å². The fourth-order valence-electron chi connectivity index (χ4n) is 3.06. The number of nitrogens with two attached hydrogens (primary N) is 1. The second kappa shape index (κ2) is 3.35. The van der Waals surface area contributed by atoms with E-state index in [4.69, 9.17) is 10.8 Å². The minimum atomic E-state index is 0.284.